The second kappa shape index (κ2) is 4.61. The summed E-state index contributed by atoms with van der Waals surface area (Å²) in [4.78, 5) is 13.8. The van der Waals surface area contributed by atoms with Crippen LogP contribution in [0.3, 0.4) is 0 Å². The molecule has 0 amide bonds. The molecule has 0 radical (unpaired) electrons. The van der Waals surface area contributed by atoms with E-state index in [0.717, 1.165) is 28.4 Å². The van der Waals surface area contributed by atoms with Gasteiger partial charge in [-0.1, -0.05) is 26.0 Å². The van der Waals surface area contributed by atoms with Gasteiger partial charge in [0.05, 0.1) is 0 Å². The number of aromatic amines is 1. The highest BCUT2D eigenvalue weighted by atomic mass is 16.1. The van der Waals surface area contributed by atoms with Crippen LogP contribution in [0.25, 0.3) is 10.9 Å². The van der Waals surface area contributed by atoms with Gasteiger partial charge in [0.15, 0.2) is 6.29 Å². The molecule has 0 fully saturated rings. The molecule has 1 aromatic carbocycles. The Kier molecular flexibility index (Phi) is 3.46. The molecule has 0 atom stereocenters. The minimum absolute atomic E-state index is 0.747. The number of hydrogen-bond donors (Lipinski definition) is 1. The number of benzene rings is 1. The molecule has 0 saturated heterocycles. The molecule has 74 valence electrons. The normalized spacial score (nSPS) is 9.36. The average molecular weight is 189 g/mol. The van der Waals surface area contributed by atoms with Crippen LogP contribution in [0.5, 0.6) is 0 Å². The molecule has 14 heavy (non-hydrogen) atoms. The third kappa shape index (κ3) is 1.84. The predicted octanol–water partition coefficient (Wildman–Crippen LogP) is 3.32. The van der Waals surface area contributed by atoms with E-state index in [1.165, 1.54) is 0 Å². The molecule has 0 saturated carbocycles. The standard InChI is InChI=1S/C10H9NO.C2H6/c1-7-5-9-8(6-12)3-2-4-10(9)11-7;1-2/h2-6,11H,1H3;1-2H3. The lowest BCUT2D eigenvalue weighted by Crippen LogP contribution is -1.78. The van der Waals surface area contributed by atoms with Crippen LogP contribution in [0.4, 0.5) is 0 Å². The predicted molar refractivity (Wildman–Crippen MR) is 59.8 cm³/mol. The van der Waals surface area contributed by atoms with E-state index >= 15 is 0 Å². The molecule has 0 aliphatic rings. The molecule has 1 N–H and O–H groups in total. The number of carbonyl (C=O) groups is 1. The molecular formula is C12H15NO. The molecule has 2 aromatic rings. The first-order valence-electron chi connectivity index (χ1n) is 4.85. The topological polar surface area (TPSA) is 32.9 Å². The van der Waals surface area contributed by atoms with E-state index in [0.29, 0.717) is 0 Å². The molecule has 0 aliphatic heterocycles. The van der Waals surface area contributed by atoms with Crippen molar-refractivity contribution in [1.82, 2.24) is 4.98 Å². The zero-order valence-corrected chi connectivity index (χ0v) is 8.79. The van der Waals surface area contributed by atoms with Crippen molar-refractivity contribution >= 4 is 17.2 Å². The summed E-state index contributed by atoms with van der Waals surface area (Å²) in [5.41, 5.74) is 2.85. The van der Waals surface area contributed by atoms with Gasteiger partial charge in [0.1, 0.15) is 0 Å². The minimum Gasteiger partial charge on any atom is -0.359 e. The molecule has 2 heteroatoms. The van der Waals surface area contributed by atoms with E-state index in [9.17, 15) is 4.79 Å². The number of rotatable bonds is 1. The Morgan fingerprint density at radius 3 is 2.64 bits per heavy atom. The maximum absolute atomic E-state index is 10.6. The Morgan fingerprint density at radius 2 is 2.00 bits per heavy atom. The van der Waals surface area contributed by atoms with Gasteiger partial charge in [-0.2, -0.15) is 0 Å². The summed E-state index contributed by atoms with van der Waals surface area (Å²) in [6.07, 6.45) is 0.885. The van der Waals surface area contributed by atoms with Crippen molar-refractivity contribution in [2.75, 3.05) is 0 Å². The molecule has 0 bridgehead atoms. The number of hydrogen-bond acceptors (Lipinski definition) is 1. The van der Waals surface area contributed by atoms with Crippen LogP contribution >= 0.6 is 0 Å². The Balaban J connectivity index is 0.000000461. The maximum atomic E-state index is 10.6. The molecule has 2 nitrogen and oxygen atoms in total. The lowest BCUT2D eigenvalue weighted by molar-refractivity contribution is 0.112. The fourth-order valence-corrected chi connectivity index (χ4v) is 1.42. The van der Waals surface area contributed by atoms with Crippen LogP contribution in [-0.2, 0) is 0 Å². The lowest BCUT2D eigenvalue weighted by atomic mass is 10.1. The van der Waals surface area contributed by atoms with E-state index in [4.69, 9.17) is 0 Å². The van der Waals surface area contributed by atoms with E-state index < -0.39 is 0 Å². The number of aryl methyl sites for hydroxylation is 1. The summed E-state index contributed by atoms with van der Waals surface area (Å²) in [5.74, 6) is 0. The fraction of sp³-hybridized carbons (Fsp3) is 0.250. The first-order valence-corrected chi connectivity index (χ1v) is 4.85. The van der Waals surface area contributed by atoms with Crippen molar-refractivity contribution < 1.29 is 4.79 Å². The highest BCUT2D eigenvalue weighted by molar-refractivity contribution is 5.97. The van der Waals surface area contributed by atoms with Gasteiger partial charge in [0.2, 0.25) is 0 Å². The van der Waals surface area contributed by atoms with Gasteiger partial charge < -0.3 is 4.98 Å². The molecule has 1 aromatic heterocycles. The Hall–Kier alpha value is -1.57. The molecule has 2 rings (SSSR count). The summed E-state index contributed by atoms with van der Waals surface area (Å²) in [6.45, 7) is 5.98. The fourth-order valence-electron chi connectivity index (χ4n) is 1.42. The Bertz CT molecular complexity index is 429. The van der Waals surface area contributed by atoms with Crippen molar-refractivity contribution in [3.63, 3.8) is 0 Å². The van der Waals surface area contributed by atoms with Crippen LogP contribution in [0.1, 0.15) is 29.9 Å². The zero-order valence-electron chi connectivity index (χ0n) is 8.79. The quantitative estimate of drug-likeness (QED) is 0.686. The first-order chi connectivity index (χ1) is 6.81. The van der Waals surface area contributed by atoms with Crippen LogP contribution in [-0.4, -0.2) is 11.3 Å². The van der Waals surface area contributed by atoms with E-state index in [2.05, 4.69) is 4.98 Å². The van der Waals surface area contributed by atoms with Crippen molar-refractivity contribution in [2.24, 2.45) is 0 Å². The Labute approximate surface area is 83.9 Å². The van der Waals surface area contributed by atoms with Crippen LogP contribution < -0.4 is 0 Å². The summed E-state index contributed by atoms with van der Waals surface area (Å²) in [6, 6.07) is 7.65. The van der Waals surface area contributed by atoms with Gasteiger partial charge in [0, 0.05) is 22.2 Å². The van der Waals surface area contributed by atoms with Crippen LogP contribution in [0, 0.1) is 6.92 Å². The smallest absolute Gasteiger partial charge is 0.150 e. The van der Waals surface area contributed by atoms with Crippen molar-refractivity contribution in [3.8, 4) is 0 Å². The summed E-state index contributed by atoms with van der Waals surface area (Å²) < 4.78 is 0. The van der Waals surface area contributed by atoms with Gasteiger partial charge in [-0.25, -0.2) is 0 Å². The van der Waals surface area contributed by atoms with Crippen molar-refractivity contribution in [2.45, 2.75) is 20.8 Å². The molecule has 1 heterocycles. The SMILES string of the molecule is CC.Cc1cc2c(C=O)cccc2[nH]1. The van der Waals surface area contributed by atoms with E-state index in [1.54, 1.807) is 0 Å². The number of carbonyl (C=O) groups excluding carboxylic acids is 1. The van der Waals surface area contributed by atoms with Gasteiger partial charge in [-0.05, 0) is 19.1 Å². The third-order valence-corrected chi connectivity index (χ3v) is 1.96. The van der Waals surface area contributed by atoms with Gasteiger partial charge in [-0.3, -0.25) is 4.79 Å². The highest BCUT2D eigenvalue weighted by Gasteiger charge is 2.00. The molecule has 0 aliphatic carbocycles. The largest absolute Gasteiger partial charge is 0.359 e. The second-order valence-corrected chi connectivity index (χ2v) is 2.88. The minimum atomic E-state index is 0.747. The maximum Gasteiger partial charge on any atom is 0.150 e. The second-order valence-electron chi connectivity index (χ2n) is 2.88. The first kappa shape index (κ1) is 10.5. The van der Waals surface area contributed by atoms with Gasteiger partial charge in [0.25, 0.3) is 0 Å². The number of aromatic nitrogens is 1. The summed E-state index contributed by atoms with van der Waals surface area (Å²) in [7, 11) is 0. The zero-order chi connectivity index (χ0) is 10.6. The van der Waals surface area contributed by atoms with Crippen LogP contribution in [0.15, 0.2) is 24.3 Å². The summed E-state index contributed by atoms with van der Waals surface area (Å²) in [5, 5.41) is 1.00. The Morgan fingerprint density at radius 1 is 1.29 bits per heavy atom. The van der Waals surface area contributed by atoms with Gasteiger partial charge in [-0.15, -0.1) is 0 Å². The number of aldehydes is 1. The highest BCUT2D eigenvalue weighted by Crippen LogP contribution is 2.17. The lowest BCUT2D eigenvalue weighted by Gasteiger charge is -1.91. The molecule has 0 unspecified atom stereocenters. The monoisotopic (exact) mass is 189 g/mol. The third-order valence-electron chi connectivity index (χ3n) is 1.96. The average Bonchev–Trinajstić information content (AvgIpc) is 2.60. The number of H-pyrrole nitrogens is 1. The number of fused-ring (bicyclic) bond motifs is 1. The molecule has 0 spiro atoms. The van der Waals surface area contributed by atoms with E-state index in [-0.39, 0.29) is 0 Å². The molecular weight excluding hydrogens is 174 g/mol. The summed E-state index contributed by atoms with van der Waals surface area (Å²) >= 11 is 0. The van der Waals surface area contributed by atoms with Crippen molar-refractivity contribution in [3.05, 3.63) is 35.5 Å². The van der Waals surface area contributed by atoms with Gasteiger partial charge >= 0.3 is 0 Å². The van der Waals surface area contributed by atoms with Crippen LogP contribution in [0.2, 0.25) is 0 Å². The van der Waals surface area contributed by atoms with E-state index in [1.807, 2.05) is 45.0 Å². The van der Waals surface area contributed by atoms with Crippen molar-refractivity contribution in [1.29, 1.82) is 0 Å². The number of nitrogens with one attached hydrogen (secondary N) is 1.